The van der Waals surface area contributed by atoms with E-state index in [-0.39, 0.29) is 18.4 Å². The van der Waals surface area contributed by atoms with Gasteiger partial charge in [-0.3, -0.25) is 14.7 Å². The van der Waals surface area contributed by atoms with E-state index in [1.165, 1.54) is 0 Å². The van der Waals surface area contributed by atoms with E-state index >= 15 is 0 Å². The molecule has 2 N–H and O–H groups in total. The van der Waals surface area contributed by atoms with E-state index in [2.05, 4.69) is 10.2 Å². The monoisotopic (exact) mass is 327 g/mol. The fourth-order valence-electron chi connectivity index (χ4n) is 3.26. The minimum atomic E-state index is -0.863. The number of carbonyl (C=O) groups is 2. The van der Waals surface area contributed by atoms with E-state index in [9.17, 15) is 14.7 Å². The van der Waals surface area contributed by atoms with E-state index in [1.807, 2.05) is 44.2 Å². The van der Waals surface area contributed by atoms with Gasteiger partial charge in [-0.1, -0.05) is 44.2 Å². The molecule has 0 aliphatic carbocycles. The van der Waals surface area contributed by atoms with Gasteiger partial charge in [0.25, 0.3) is 5.91 Å². The summed E-state index contributed by atoms with van der Waals surface area (Å²) in [5, 5.41) is 16.6. The molecule has 1 amide bonds. The van der Waals surface area contributed by atoms with Crippen molar-refractivity contribution in [1.82, 2.24) is 15.1 Å². The van der Waals surface area contributed by atoms with Crippen LogP contribution in [0.1, 0.15) is 30.8 Å². The van der Waals surface area contributed by atoms with Gasteiger partial charge in [0.15, 0.2) is 0 Å². The van der Waals surface area contributed by atoms with Crippen LogP contribution in [-0.4, -0.2) is 45.2 Å². The number of carbonyl (C=O) groups excluding carboxylic acids is 1. The Labute approximate surface area is 140 Å². The van der Waals surface area contributed by atoms with Gasteiger partial charge in [-0.2, -0.15) is 5.10 Å². The normalized spacial score (nSPS) is 20.5. The van der Waals surface area contributed by atoms with Crippen LogP contribution < -0.4 is 0 Å². The number of H-pyrrole nitrogens is 1. The zero-order chi connectivity index (χ0) is 17.3. The first kappa shape index (κ1) is 16.2. The standard InChI is InChI=1S/C18H21N3O3/c1-12(2)18(17(23)24)8-9-21(11-18)16(22)15-10-14(19-20-15)13-6-4-3-5-7-13/h3-7,10,12H,8-9,11H2,1-2H3,(H,19,20)(H,23,24). The zero-order valence-electron chi connectivity index (χ0n) is 13.8. The summed E-state index contributed by atoms with van der Waals surface area (Å²) < 4.78 is 0. The maximum absolute atomic E-state index is 12.7. The predicted octanol–water partition coefficient (Wildman–Crippen LogP) is 2.65. The summed E-state index contributed by atoms with van der Waals surface area (Å²) in [6.45, 7) is 4.47. The third-order valence-electron chi connectivity index (χ3n) is 5.00. The maximum Gasteiger partial charge on any atom is 0.311 e. The number of aromatic amines is 1. The average molecular weight is 327 g/mol. The van der Waals surface area contributed by atoms with Gasteiger partial charge in [-0.15, -0.1) is 0 Å². The minimum absolute atomic E-state index is 0.0329. The molecule has 3 rings (SSSR count). The van der Waals surface area contributed by atoms with Crippen LogP contribution in [0.25, 0.3) is 11.3 Å². The highest BCUT2D eigenvalue weighted by atomic mass is 16.4. The first-order valence-corrected chi connectivity index (χ1v) is 8.07. The molecule has 6 heteroatoms. The summed E-state index contributed by atoms with van der Waals surface area (Å²) in [6.07, 6.45) is 0.478. The Bertz CT molecular complexity index is 754. The van der Waals surface area contributed by atoms with Gasteiger partial charge < -0.3 is 10.0 Å². The summed E-state index contributed by atoms with van der Waals surface area (Å²) in [5.74, 6) is -1.06. The molecule has 1 saturated heterocycles. The Balaban J connectivity index is 1.79. The number of likely N-dealkylation sites (tertiary alicyclic amines) is 1. The van der Waals surface area contributed by atoms with Crippen molar-refractivity contribution in [2.24, 2.45) is 11.3 Å². The number of aliphatic carboxylic acids is 1. The molecule has 1 unspecified atom stereocenters. The number of carboxylic acids is 1. The fourth-order valence-corrected chi connectivity index (χ4v) is 3.26. The lowest BCUT2D eigenvalue weighted by atomic mass is 9.76. The van der Waals surface area contributed by atoms with Crippen molar-refractivity contribution in [2.75, 3.05) is 13.1 Å². The first-order valence-electron chi connectivity index (χ1n) is 8.07. The molecule has 1 atom stereocenters. The third-order valence-corrected chi connectivity index (χ3v) is 5.00. The molecule has 0 spiro atoms. The molecular formula is C18H21N3O3. The molecule has 1 aliphatic rings. The smallest absolute Gasteiger partial charge is 0.311 e. The number of hydrogen-bond acceptors (Lipinski definition) is 3. The molecule has 1 aliphatic heterocycles. The summed E-state index contributed by atoms with van der Waals surface area (Å²) in [5.41, 5.74) is 1.15. The van der Waals surface area contributed by atoms with Crippen LogP contribution in [-0.2, 0) is 4.79 Å². The Hall–Kier alpha value is -2.63. The van der Waals surface area contributed by atoms with E-state index in [4.69, 9.17) is 0 Å². The number of aromatic nitrogens is 2. The molecule has 1 aromatic heterocycles. The van der Waals surface area contributed by atoms with E-state index in [0.717, 1.165) is 5.56 Å². The van der Waals surface area contributed by atoms with Crippen LogP contribution in [0.3, 0.4) is 0 Å². The summed E-state index contributed by atoms with van der Waals surface area (Å²) in [6, 6.07) is 11.3. The second kappa shape index (κ2) is 6.11. The van der Waals surface area contributed by atoms with Crippen molar-refractivity contribution in [1.29, 1.82) is 0 Å². The quantitative estimate of drug-likeness (QED) is 0.904. The number of amides is 1. The lowest BCUT2D eigenvalue weighted by Crippen LogP contribution is -2.40. The molecule has 24 heavy (non-hydrogen) atoms. The van der Waals surface area contributed by atoms with Crippen molar-refractivity contribution >= 4 is 11.9 Å². The molecule has 1 fully saturated rings. The van der Waals surface area contributed by atoms with Gasteiger partial charge in [-0.05, 0) is 18.4 Å². The molecule has 2 heterocycles. The van der Waals surface area contributed by atoms with Crippen molar-refractivity contribution in [2.45, 2.75) is 20.3 Å². The number of rotatable bonds is 4. The molecule has 6 nitrogen and oxygen atoms in total. The highest BCUT2D eigenvalue weighted by Gasteiger charge is 2.48. The molecule has 0 saturated carbocycles. The van der Waals surface area contributed by atoms with Gasteiger partial charge in [0, 0.05) is 18.7 Å². The average Bonchev–Trinajstić information content (AvgIpc) is 3.23. The van der Waals surface area contributed by atoms with Crippen molar-refractivity contribution in [3.8, 4) is 11.3 Å². The van der Waals surface area contributed by atoms with E-state index in [1.54, 1.807) is 11.0 Å². The van der Waals surface area contributed by atoms with Crippen LogP contribution in [0, 0.1) is 11.3 Å². The lowest BCUT2D eigenvalue weighted by molar-refractivity contribution is -0.150. The molecule has 1 aromatic carbocycles. The Morgan fingerprint density at radius 3 is 2.58 bits per heavy atom. The first-order chi connectivity index (χ1) is 11.4. The van der Waals surface area contributed by atoms with Crippen LogP contribution in [0.2, 0.25) is 0 Å². The zero-order valence-corrected chi connectivity index (χ0v) is 13.8. The van der Waals surface area contributed by atoms with Crippen molar-refractivity contribution in [3.05, 3.63) is 42.1 Å². The Kier molecular flexibility index (Phi) is 4.13. The molecule has 0 radical (unpaired) electrons. The second-order valence-electron chi connectivity index (χ2n) is 6.63. The fraction of sp³-hybridized carbons (Fsp3) is 0.389. The molecular weight excluding hydrogens is 306 g/mol. The summed E-state index contributed by atoms with van der Waals surface area (Å²) >= 11 is 0. The number of hydrogen-bond donors (Lipinski definition) is 2. The van der Waals surface area contributed by atoms with Crippen LogP contribution >= 0.6 is 0 Å². The Morgan fingerprint density at radius 1 is 1.29 bits per heavy atom. The Morgan fingerprint density at radius 2 is 2.00 bits per heavy atom. The molecule has 2 aromatic rings. The minimum Gasteiger partial charge on any atom is -0.481 e. The number of nitrogens with zero attached hydrogens (tertiary/aromatic N) is 2. The maximum atomic E-state index is 12.7. The summed E-state index contributed by atoms with van der Waals surface area (Å²) in [7, 11) is 0. The van der Waals surface area contributed by atoms with Crippen molar-refractivity contribution < 1.29 is 14.7 Å². The van der Waals surface area contributed by atoms with Crippen molar-refractivity contribution in [3.63, 3.8) is 0 Å². The molecule has 126 valence electrons. The lowest BCUT2D eigenvalue weighted by Gasteiger charge is -2.28. The van der Waals surface area contributed by atoms with Gasteiger partial charge in [0.1, 0.15) is 5.69 Å². The second-order valence-corrected chi connectivity index (χ2v) is 6.63. The van der Waals surface area contributed by atoms with E-state index in [0.29, 0.717) is 24.4 Å². The van der Waals surface area contributed by atoms with Crippen LogP contribution in [0.4, 0.5) is 0 Å². The third kappa shape index (κ3) is 2.68. The highest BCUT2D eigenvalue weighted by molar-refractivity contribution is 5.94. The van der Waals surface area contributed by atoms with Crippen LogP contribution in [0.5, 0.6) is 0 Å². The molecule has 0 bridgehead atoms. The van der Waals surface area contributed by atoms with Gasteiger partial charge >= 0.3 is 5.97 Å². The predicted molar refractivity (Wildman–Crippen MR) is 89.5 cm³/mol. The SMILES string of the molecule is CC(C)C1(C(=O)O)CCN(C(=O)c2cc(-c3ccccc3)n[nH]2)C1. The van der Waals surface area contributed by atoms with Gasteiger partial charge in [0.05, 0.1) is 11.1 Å². The van der Waals surface area contributed by atoms with Gasteiger partial charge in [0.2, 0.25) is 0 Å². The highest BCUT2D eigenvalue weighted by Crippen LogP contribution is 2.38. The largest absolute Gasteiger partial charge is 0.481 e. The number of benzene rings is 1. The van der Waals surface area contributed by atoms with Gasteiger partial charge in [-0.25, -0.2) is 0 Å². The number of nitrogens with one attached hydrogen (secondary N) is 1. The van der Waals surface area contributed by atoms with Crippen LogP contribution in [0.15, 0.2) is 36.4 Å². The topological polar surface area (TPSA) is 86.3 Å². The number of carboxylic acid groups (broad SMARTS) is 1. The summed E-state index contributed by atoms with van der Waals surface area (Å²) in [4.78, 5) is 26.0. The van der Waals surface area contributed by atoms with E-state index < -0.39 is 11.4 Å².